The molecule has 35 heavy (non-hydrogen) atoms. The molecule has 1 aromatic carbocycles. The Kier molecular flexibility index (Phi) is 12.1. The monoisotopic (exact) mass is 515 g/mol. The highest BCUT2D eigenvalue weighted by molar-refractivity contribution is 7.51. The predicted octanol–water partition coefficient (Wildman–Crippen LogP) is 2.04. The van der Waals surface area contributed by atoms with E-state index in [1.54, 1.807) is 0 Å². The van der Waals surface area contributed by atoms with Gasteiger partial charge in [0.2, 0.25) is 11.9 Å². The first kappa shape index (κ1) is 30.3. The number of carbonyl (C=O) groups is 1. The molecule has 14 heteroatoms. The van der Waals surface area contributed by atoms with Crippen molar-refractivity contribution in [3.8, 4) is 0 Å². The Bertz CT molecular complexity index is 1020. The summed E-state index contributed by atoms with van der Waals surface area (Å²) in [6, 6.07) is 6.90. The standard InChI is InChI=1S/C15H18FN5.C3H8NO5P.C3H9N/c1-8-3-4-10-5-6-12(11(10)7-8)18-15-20-13(9(2)16)19-14(17)21-15;5-3(6)1-4-2-10(7,8)9;1-3(2)4/h3-4,7,9,12H,5-6H2,1-2H3,(H3,17,18,19,20,21);4H,1-2H2,(H,5,6)(H2,7,8,9);3H,4H2,1-2H3/t9-,12-;;/m1../s1. The van der Waals surface area contributed by atoms with Crippen molar-refractivity contribution in [3.05, 3.63) is 40.7 Å². The largest absolute Gasteiger partial charge is 0.480 e. The molecule has 0 saturated heterocycles. The van der Waals surface area contributed by atoms with Gasteiger partial charge in [-0.2, -0.15) is 15.0 Å². The van der Waals surface area contributed by atoms with Gasteiger partial charge in [-0.25, -0.2) is 4.39 Å². The van der Waals surface area contributed by atoms with Crippen LogP contribution in [0.5, 0.6) is 0 Å². The van der Waals surface area contributed by atoms with Crippen LogP contribution in [0.4, 0.5) is 16.3 Å². The molecule has 0 unspecified atom stereocenters. The number of benzene rings is 1. The van der Waals surface area contributed by atoms with Crippen molar-refractivity contribution < 1.29 is 28.6 Å². The van der Waals surface area contributed by atoms with E-state index < -0.39 is 32.6 Å². The molecule has 12 nitrogen and oxygen atoms in total. The molecule has 0 radical (unpaired) electrons. The Morgan fingerprint density at radius 1 is 1.26 bits per heavy atom. The lowest BCUT2D eigenvalue weighted by molar-refractivity contribution is -0.135. The number of nitrogen functional groups attached to an aromatic ring is 1. The molecule has 0 saturated carbocycles. The fraction of sp³-hybridized carbons (Fsp3) is 0.524. The van der Waals surface area contributed by atoms with Gasteiger partial charge in [-0.1, -0.05) is 37.6 Å². The number of alkyl halides is 1. The highest BCUT2D eigenvalue weighted by Gasteiger charge is 2.23. The topological polar surface area (TPSA) is 210 Å². The summed E-state index contributed by atoms with van der Waals surface area (Å²) < 4.78 is 23.4. The Balaban J connectivity index is 0.000000367. The molecular formula is C21H35FN7O5P. The Morgan fingerprint density at radius 2 is 1.89 bits per heavy atom. The zero-order valence-corrected chi connectivity index (χ0v) is 21.2. The number of halogens is 1. The third-order valence-corrected chi connectivity index (χ3v) is 4.94. The number of fused-ring (bicyclic) bond motifs is 1. The van der Waals surface area contributed by atoms with Crippen molar-refractivity contribution in [2.45, 2.75) is 58.8 Å². The summed E-state index contributed by atoms with van der Waals surface area (Å²) in [6.45, 7) is 6.90. The van der Waals surface area contributed by atoms with Gasteiger partial charge in [-0.3, -0.25) is 14.7 Å². The van der Waals surface area contributed by atoms with Crippen LogP contribution in [-0.2, 0) is 15.8 Å². The van der Waals surface area contributed by atoms with Gasteiger partial charge in [0.25, 0.3) is 0 Å². The van der Waals surface area contributed by atoms with Crippen molar-refractivity contribution in [2.75, 3.05) is 23.9 Å². The van der Waals surface area contributed by atoms with E-state index in [-0.39, 0.29) is 17.8 Å². The number of rotatable bonds is 7. The first-order chi connectivity index (χ1) is 16.2. The van der Waals surface area contributed by atoms with E-state index in [1.165, 1.54) is 23.6 Å². The summed E-state index contributed by atoms with van der Waals surface area (Å²) in [7, 11) is -4.10. The number of nitrogens with two attached hydrogens (primary N) is 2. The smallest absolute Gasteiger partial charge is 0.339 e. The second-order valence-corrected chi connectivity index (χ2v) is 9.96. The van der Waals surface area contributed by atoms with Gasteiger partial charge >= 0.3 is 13.6 Å². The third kappa shape index (κ3) is 12.5. The number of aliphatic carboxylic acids is 1. The second-order valence-electron chi connectivity index (χ2n) is 8.32. The summed E-state index contributed by atoms with van der Waals surface area (Å²) in [5, 5.41) is 13.3. The summed E-state index contributed by atoms with van der Waals surface area (Å²) in [6.07, 6.45) is 0.110. The van der Waals surface area contributed by atoms with E-state index in [1.807, 2.05) is 13.8 Å². The summed E-state index contributed by atoms with van der Waals surface area (Å²) in [4.78, 5) is 38.1. The highest BCUT2D eigenvalue weighted by atomic mass is 31.2. The molecule has 0 amide bonds. The normalized spacial score (nSPS) is 15.3. The summed E-state index contributed by atoms with van der Waals surface area (Å²) in [5.74, 6) is -0.711. The van der Waals surface area contributed by atoms with E-state index >= 15 is 0 Å². The summed E-state index contributed by atoms with van der Waals surface area (Å²) >= 11 is 0. The first-order valence-corrected chi connectivity index (χ1v) is 12.7. The number of nitrogens with zero attached hydrogens (tertiary/aromatic N) is 3. The molecule has 0 fully saturated rings. The van der Waals surface area contributed by atoms with Crippen molar-refractivity contribution >= 4 is 25.5 Å². The van der Waals surface area contributed by atoms with Gasteiger partial charge < -0.3 is 31.7 Å². The molecular weight excluding hydrogens is 480 g/mol. The zero-order valence-electron chi connectivity index (χ0n) is 20.3. The number of hydrogen-bond donors (Lipinski definition) is 7. The quantitative estimate of drug-likeness (QED) is 0.264. The Hall–Kier alpha value is -2.70. The molecule has 3 rings (SSSR count). The zero-order chi connectivity index (χ0) is 26.8. The lowest BCUT2D eigenvalue weighted by Gasteiger charge is -2.15. The lowest BCUT2D eigenvalue weighted by atomic mass is 10.1. The molecule has 0 aliphatic heterocycles. The van der Waals surface area contributed by atoms with Gasteiger partial charge in [-0.15, -0.1) is 0 Å². The Labute approximate surface area is 203 Å². The number of nitrogens with one attached hydrogen (secondary N) is 2. The van der Waals surface area contributed by atoms with Gasteiger partial charge in [0.05, 0.1) is 18.9 Å². The molecule has 0 bridgehead atoms. The van der Waals surface area contributed by atoms with Crippen LogP contribution in [0.15, 0.2) is 18.2 Å². The minimum absolute atomic E-state index is 0.0365. The third-order valence-electron chi connectivity index (χ3n) is 4.30. The Morgan fingerprint density at radius 3 is 2.43 bits per heavy atom. The van der Waals surface area contributed by atoms with Crippen LogP contribution in [0, 0.1) is 6.92 Å². The van der Waals surface area contributed by atoms with Crippen molar-refractivity contribution in [3.63, 3.8) is 0 Å². The molecule has 1 aliphatic rings. The molecule has 1 aromatic heterocycles. The molecule has 2 aromatic rings. The van der Waals surface area contributed by atoms with Gasteiger partial charge in [-0.05, 0) is 43.9 Å². The fourth-order valence-corrected chi connectivity index (χ4v) is 3.39. The number of aryl methyl sites for hydroxylation is 2. The van der Waals surface area contributed by atoms with E-state index in [4.69, 9.17) is 26.4 Å². The van der Waals surface area contributed by atoms with Crippen molar-refractivity contribution in [1.82, 2.24) is 20.3 Å². The number of anilines is 2. The molecule has 196 valence electrons. The molecule has 9 N–H and O–H groups in total. The minimum atomic E-state index is -4.10. The SMILES string of the molecule is CC(C)N.Cc1ccc2c(c1)[C@H](Nc1nc(N)nc([C@@H](C)F)n1)CC2.O=C(O)CNCP(=O)(O)O. The molecule has 1 aliphatic carbocycles. The number of carboxylic acids is 1. The number of hydrogen-bond acceptors (Lipinski definition) is 9. The molecule has 0 spiro atoms. The van der Waals surface area contributed by atoms with Crippen LogP contribution in [0.25, 0.3) is 0 Å². The average Bonchev–Trinajstić information content (AvgIpc) is 3.08. The van der Waals surface area contributed by atoms with E-state index in [0.717, 1.165) is 12.8 Å². The van der Waals surface area contributed by atoms with E-state index in [9.17, 15) is 13.8 Å². The maximum absolute atomic E-state index is 13.4. The van der Waals surface area contributed by atoms with Crippen LogP contribution < -0.4 is 22.1 Å². The van der Waals surface area contributed by atoms with Crippen LogP contribution in [-0.4, -0.2) is 54.7 Å². The van der Waals surface area contributed by atoms with Crippen LogP contribution >= 0.6 is 7.60 Å². The minimum Gasteiger partial charge on any atom is -0.480 e. The first-order valence-electron chi connectivity index (χ1n) is 10.9. The number of aromatic nitrogens is 3. The van der Waals surface area contributed by atoms with Crippen LogP contribution in [0.1, 0.15) is 61.9 Å². The van der Waals surface area contributed by atoms with Gasteiger partial charge in [0.15, 0.2) is 12.0 Å². The molecule has 2 atom stereocenters. The maximum atomic E-state index is 13.4. The predicted molar refractivity (Wildman–Crippen MR) is 131 cm³/mol. The molecule has 1 heterocycles. The van der Waals surface area contributed by atoms with E-state index in [0.29, 0.717) is 12.0 Å². The fourth-order valence-electron chi connectivity index (χ4n) is 2.99. The maximum Gasteiger partial charge on any atom is 0.339 e. The van der Waals surface area contributed by atoms with Crippen LogP contribution in [0.3, 0.4) is 0 Å². The number of carboxylic acid groups (broad SMARTS) is 1. The van der Waals surface area contributed by atoms with Gasteiger partial charge in [0, 0.05) is 0 Å². The van der Waals surface area contributed by atoms with Crippen LogP contribution in [0.2, 0.25) is 0 Å². The van der Waals surface area contributed by atoms with Crippen molar-refractivity contribution in [1.29, 1.82) is 0 Å². The summed E-state index contributed by atoms with van der Waals surface area (Å²) in [5.41, 5.74) is 14.5. The second kappa shape index (κ2) is 14.0. The van der Waals surface area contributed by atoms with E-state index in [2.05, 4.69) is 50.7 Å². The van der Waals surface area contributed by atoms with Crippen molar-refractivity contribution in [2.24, 2.45) is 5.73 Å². The highest BCUT2D eigenvalue weighted by Crippen LogP contribution is 2.34. The average molecular weight is 516 g/mol. The van der Waals surface area contributed by atoms with Gasteiger partial charge in [0.1, 0.15) is 0 Å². The lowest BCUT2D eigenvalue weighted by Crippen LogP contribution is -2.23.